The molecule has 2 heterocycles. The normalized spacial score (nSPS) is 16.3. The summed E-state index contributed by atoms with van der Waals surface area (Å²) in [6.45, 7) is -5.14. The predicted octanol–water partition coefficient (Wildman–Crippen LogP) is 7.01. The van der Waals surface area contributed by atoms with Crippen molar-refractivity contribution in [1.82, 2.24) is 4.98 Å². The number of furan rings is 1. The first kappa shape index (κ1) is 10.1. The van der Waals surface area contributed by atoms with E-state index < -0.39 is 13.7 Å². The van der Waals surface area contributed by atoms with E-state index in [4.69, 9.17) is 12.6 Å². The van der Waals surface area contributed by atoms with Gasteiger partial charge in [0.2, 0.25) is 0 Å². The Kier molecular flexibility index (Phi) is 1.89. The Morgan fingerprint density at radius 3 is 2.56 bits per heavy atom. The van der Waals surface area contributed by atoms with Crippen LogP contribution in [-0.4, -0.2) is 4.98 Å². The van der Waals surface area contributed by atoms with E-state index in [1.165, 1.54) is 12.3 Å². The number of aryl methyl sites for hydroxylation is 2. The van der Waals surface area contributed by atoms with Crippen LogP contribution in [0, 0.1) is 13.7 Å². The van der Waals surface area contributed by atoms with Crippen molar-refractivity contribution in [2.45, 2.75) is 13.7 Å². The molecule has 4 aromatic carbocycles. The minimum atomic E-state index is -2.58. The van der Waals surface area contributed by atoms with E-state index >= 15 is 0 Å². The third kappa shape index (κ3) is 1.93. The maximum absolute atomic E-state index is 7.88. The molecule has 2 nitrogen and oxygen atoms in total. The first-order chi connectivity index (χ1) is 15.6. The highest BCUT2D eigenvalue weighted by Crippen LogP contribution is 2.43. The lowest BCUT2D eigenvalue weighted by molar-refractivity contribution is 0.670. The number of benzene rings is 4. The molecule has 2 heteroatoms. The van der Waals surface area contributed by atoms with Crippen LogP contribution in [0.3, 0.4) is 0 Å². The fraction of sp³-hybridized carbons (Fsp3) is 0.0800. The van der Waals surface area contributed by atoms with Gasteiger partial charge in [0.1, 0.15) is 11.2 Å². The summed E-state index contributed by atoms with van der Waals surface area (Å²) in [6.07, 6.45) is 1.17. The zero-order valence-corrected chi connectivity index (χ0v) is 14.2. The van der Waals surface area contributed by atoms with Gasteiger partial charge in [-0.1, -0.05) is 36.4 Å². The predicted molar refractivity (Wildman–Crippen MR) is 113 cm³/mol. The molecule has 0 saturated carbocycles. The SMILES string of the molecule is [2H]C([2H])([2H])c1cnc(-c2ccc3oc4cc5ccccc5c5ccc2c3c45)cc1C([2H])([2H])[2H]. The molecule has 0 saturated heterocycles. The van der Waals surface area contributed by atoms with Gasteiger partial charge < -0.3 is 4.42 Å². The molecule has 0 aliphatic carbocycles. The van der Waals surface area contributed by atoms with E-state index in [9.17, 15) is 0 Å². The molecule has 27 heavy (non-hydrogen) atoms. The molecule has 0 fully saturated rings. The third-order valence-electron chi connectivity index (χ3n) is 5.33. The van der Waals surface area contributed by atoms with Gasteiger partial charge in [0, 0.05) is 30.8 Å². The molecular formula is C25H17NO. The fourth-order valence-corrected chi connectivity index (χ4v) is 4.09. The molecule has 0 amide bonds. The largest absolute Gasteiger partial charge is 0.456 e. The quantitative estimate of drug-likeness (QED) is 0.297. The van der Waals surface area contributed by atoms with Crippen LogP contribution < -0.4 is 0 Å². The zero-order chi connectivity index (χ0) is 23.1. The van der Waals surface area contributed by atoms with Gasteiger partial charge >= 0.3 is 0 Å². The van der Waals surface area contributed by atoms with E-state index in [1.54, 1.807) is 0 Å². The molecule has 0 spiro atoms. The van der Waals surface area contributed by atoms with Gasteiger partial charge in [0.25, 0.3) is 0 Å². The van der Waals surface area contributed by atoms with Crippen molar-refractivity contribution in [2.24, 2.45) is 0 Å². The Labute approximate surface area is 164 Å². The molecule has 0 radical (unpaired) electrons. The van der Waals surface area contributed by atoms with Crippen LogP contribution in [0.25, 0.3) is 54.7 Å². The first-order valence-corrected chi connectivity index (χ1v) is 8.73. The highest BCUT2D eigenvalue weighted by atomic mass is 16.3. The molecule has 6 aromatic rings. The van der Waals surface area contributed by atoms with Crippen LogP contribution in [0.4, 0.5) is 0 Å². The van der Waals surface area contributed by atoms with Crippen molar-refractivity contribution >= 4 is 43.5 Å². The van der Waals surface area contributed by atoms with Gasteiger partial charge in [-0.15, -0.1) is 0 Å². The Hall–Kier alpha value is -3.39. The molecule has 128 valence electrons. The van der Waals surface area contributed by atoms with E-state index in [0.717, 1.165) is 49.0 Å². The van der Waals surface area contributed by atoms with Crippen molar-refractivity contribution < 1.29 is 12.6 Å². The maximum Gasteiger partial charge on any atom is 0.136 e. The summed E-state index contributed by atoms with van der Waals surface area (Å²) in [5.41, 5.74) is 2.20. The lowest BCUT2D eigenvalue weighted by Crippen LogP contribution is -1.90. The molecule has 0 bridgehead atoms. The summed E-state index contributed by atoms with van der Waals surface area (Å²) in [5, 5.41) is 6.14. The number of aromatic nitrogens is 1. The van der Waals surface area contributed by atoms with Gasteiger partial charge in [0.05, 0.1) is 5.69 Å². The Morgan fingerprint density at radius 2 is 1.63 bits per heavy atom. The van der Waals surface area contributed by atoms with E-state index in [0.29, 0.717) is 5.69 Å². The van der Waals surface area contributed by atoms with Gasteiger partial charge in [-0.2, -0.15) is 0 Å². The number of nitrogens with zero attached hydrogens (tertiary/aromatic N) is 1. The average molecular weight is 353 g/mol. The number of hydrogen-bond donors (Lipinski definition) is 0. The number of hydrogen-bond acceptors (Lipinski definition) is 2. The van der Waals surface area contributed by atoms with E-state index in [-0.39, 0.29) is 11.1 Å². The lowest BCUT2D eigenvalue weighted by atomic mass is 9.94. The van der Waals surface area contributed by atoms with Crippen LogP contribution in [0.2, 0.25) is 0 Å². The summed E-state index contributed by atoms with van der Waals surface area (Å²) in [4.78, 5) is 4.37. The minimum absolute atomic E-state index is 0.205. The van der Waals surface area contributed by atoms with Crippen molar-refractivity contribution in [3.8, 4) is 11.3 Å². The molecular weight excluding hydrogens is 330 g/mol. The Morgan fingerprint density at radius 1 is 0.778 bits per heavy atom. The minimum Gasteiger partial charge on any atom is -0.456 e. The van der Waals surface area contributed by atoms with Crippen molar-refractivity contribution in [2.75, 3.05) is 0 Å². The first-order valence-electron chi connectivity index (χ1n) is 11.7. The summed E-state index contributed by atoms with van der Waals surface area (Å²) in [7, 11) is 0. The highest BCUT2D eigenvalue weighted by Gasteiger charge is 2.18. The van der Waals surface area contributed by atoms with Crippen LogP contribution in [0.15, 0.2) is 71.3 Å². The topological polar surface area (TPSA) is 26.0 Å². The van der Waals surface area contributed by atoms with Gasteiger partial charge in [-0.25, -0.2) is 0 Å². The average Bonchev–Trinajstić information content (AvgIpc) is 3.14. The highest BCUT2D eigenvalue weighted by molar-refractivity contribution is 6.29. The fourth-order valence-electron chi connectivity index (χ4n) is 4.09. The Balaban J connectivity index is 1.67. The Bertz CT molecular complexity index is 1690. The molecule has 0 unspecified atom stereocenters. The second-order valence-corrected chi connectivity index (χ2v) is 6.83. The van der Waals surface area contributed by atoms with Crippen molar-refractivity contribution in [3.05, 3.63) is 78.0 Å². The molecule has 0 aliphatic rings. The smallest absolute Gasteiger partial charge is 0.136 e. The number of fused-ring (bicyclic) bond motifs is 2. The molecule has 6 rings (SSSR count). The van der Waals surface area contributed by atoms with E-state index in [2.05, 4.69) is 17.1 Å². The standard InChI is InChI=1S/C25H17NO/c1-14-11-21(26-13-15(14)2)18-9-10-22-24-20(18)8-7-19-17-6-4-3-5-16(17)12-23(27-22)25(19)24/h3-13H,1-2H3/i1D3,2D3. The summed E-state index contributed by atoms with van der Waals surface area (Å²) < 4.78 is 53.0. The molecule has 0 atom stereocenters. The lowest BCUT2D eigenvalue weighted by Gasteiger charge is -2.10. The maximum atomic E-state index is 7.88. The van der Waals surface area contributed by atoms with Crippen LogP contribution in [0.5, 0.6) is 0 Å². The molecule has 2 aromatic heterocycles. The summed E-state index contributed by atoms with van der Waals surface area (Å²) in [5.74, 6) is 0. The van der Waals surface area contributed by atoms with Crippen molar-refractivity contribution in [1.29, 1.82) is 0 Å². The second-order valence-electron chi connectivity index (χ2n) is 6.83. The number of rotatable bonds is 1. The van der Waals surface area contributed by atoms with Gasteiger partial charge in [0.15, 0.2) is 0 Å². The third-order valence-corrected chi connectivity index (χ3v) is 5.33. The summed E-state index contributed by atoms with van der Waals surface area (Å²) >= 11 is 0. The summed E-state index contributed by atoms with van der Waals surface area (Å²) in [6, 6.07) is 19.3. The van der Waals surface area contributed by atoms with Crippen LogP contribution in [0.1, 0.15) is 19.4 Å². The second kappa shape index (κ2) is 5.08. The molecule has 0 aliphatic heterocycles. The number of pyridine rings is 1. The van der Waals surface area contributed by atoms with E-state index in [1.807, 2.05) is 42.5 Å². The zero-order valence-electron chi connectivity index (χ0n) is 20.2. The van der Waals surface area contributed by atoms with Crippen LogP contribution in [-0.2, 0) is 0 Å². The monoisotopic (exact) mass is 353 g/mol. The molecule has 0 N–H and O–H groups in total. The van der Waals surface area contributed by atoms with Crippen molar-refractivity contribution in [3.63, 3.8) is 0 Å². The van der Waals surface area contributed by atoms with Gasteiger partial charge in [-0.3, -0.25) is 4.98 Å². The van der Waals surface area contributed by atoms with Crippen LogP contribution >= 0.6 is 0 Å². The van der Waals surface area contributed by atoms with Gasteiger partial charge in [-0.05, 0) is 70.6 Å².